The number of halogens is 1. The summed E-state index contributed by atoms with van der Waals surface area (Å²) in [5.74, 6) is 0. The molecule has 1 aliphatic rings. The topological polar surface area (TPSA) is 28.5 Å². The van der Waals surface area contributed by atoms with Crippen LogP contribution in [-0.2, 0) is 13.1 Å². The highest BCUT2D eigenvalue weighted by atomic mass is 35.5. The quantitative estimate of drug-likeness (QED) is 0.701. The Morgan fingerprint density at radius 1 is 1.12 bits per heavy atom. The molecule has 0 bridgehead atoms. The standard InChI is InChI=1S/C20H24ClN3S/c1-15-8-9-18(12-19(15)21)23-20(25)22-13-16-6-2-3-7-17(16)14-24-10-4-5-11-24/h2-3,6-9,12H,4-5,10-11,13-14H2,1H3,(H2,22,23,25)/p+1. The number of aryl methyl sites for hydroxylation is 1. The Balaban J connectivity index is 1.57. The van der Waals surface area contributed by atoms with Crippen molar-refractivity contribution in [2.24, 2.45) is 0 Å². The molecule has 3 N–H and O–H groups in total. The fourth-order valence-corrected chi connectivity index (χ4v) is 3.62. The minimum atomic E-state index is 0.614. The van der Waals surface area contributed by atoms with Crippen molar-refractivity contribution in [2.45, 2.75) is 32.9 Å². The molecule has 0 saturated carbocycles. The summed E-state index contributed by atoms with van der Waals surface area (Å²) in [6.07, 6.45) is 2.70. The molecule has 1 heterocycles. The van der Waals surface area contributed by atoms with Gasteiger partial charge in [-0.3, -0.25) is 0 Å². The molecule has 0 atom stereocenters. The SMILES string of the molecule is Cc1ccc(NC(=S)NCc2ccccc2C[NH+]2CCCC2)cc1Cl. The monoisotopic (exact) mass is 374 g/mol. The lowest BCUT2D eigenvalue weighted by Crippen LogP contribution is -3.08. The number of rotatable bonds is 5. The number of quaternary nitrogens is 1. The van der Waals surface area contributed by atoms with Crippen LogP contribution in [0.3, 0.4) is 0 Å². The molecule has 0 aliphatic carbocycles. The van der Waals surface area contributed by atoms with Crippen LogP contribution in [0.4, 0.5) is 5.69 Å². The van der Waals surface area contributed by atoms with E-state index >= 15 is 0 Å². The van der Waals surface area contributed by atoms with Gasteiger partial charge in [0, 0.05) is 35.7 Å². The van der Waals surface area contributed by atoms with Crippen LogP contribution in [0, 0.1) is 6.92 Å². The summed E-state index contributed by atoms with van der Waals surface area (Å²) in [6, 6.07) is 14.5. The number of benzene rings is 2. The second kappa shape index (κ2) is 8.65. The Bertz CT molecular complexity index is 741. The molecular weight excluding hydrogens is 350 g/mol. The molecule has 1 saturated heterocycles. The molecule has 3 rings (SSSR count). The van der Waals surface area contributed by atoms with E-state index in [1.54, 1.807) is 4.90 Å². The van der Waals surface area contributed by atoms with Crippen molar-refractivity contribution < 1.29 is 4.90 Å². The maximum atomic E-state index is 6.17. The van der Waals surface area contributed by atoms with Gasteiger partial charge in [0.15, 0.2) is 5.11 Å². The third-order valence-corrected chi connectivity index (χ3v) is 5.39. The van der Waals surface area contributed by atoms with E-state index in [2.05, 4.69) is 34.9 Å². The first-order valence-electron chi connectivity index (χ1n) is 8.83. The predicted molar refractivity (Wildman–Crippen MR) is 109 cm³/mol. The molecule has 132 valence electrons. The maximum Gasteiger partial charge on any atom is 0.171 e. The first-order valence-corrected chi connectivity index (χ1v) is 9.62. The van der Waals surface area contributed by atoms with Gasteiger partial charge >= 0.3 is 0 Å². The Morgan fingerprint density at radius 3 is 2.56 bits per heavy atom. The minimum Gasteiger partial charge on any atom is -0.358 e. The third kappa shape index (κ3) is 5.18. The summed E-state index contributed by atoms with van der Waals surface area (Å²) in [4.78, 5) is 1.68. The molecule has 0 amide bonds. The average Bonchev–Trinajstić information content (AvgIpc) is 3.10. The molecule has 25 heavy (non-hydrogen) atoms. The first-order chi connectivity index (χ1) is 12.1. The van der Waals surface area contributed by atoms with Crippen LogP contribution in [0.2, 0.25) is 5.02 Å². The van der Waals surface area contributed by atoms with Gasteiger partial charge in [0.2, 0.25) is 0 Å². The number of hydrogen-bond acceptors (Lipinski definition) is 1. The van der Waals surface area contributed by atoms with Gasteiger partial charge in [-0.05, 0) is 42.4 Å². The van der Waals surface area contributed by atoms with Gasteiger partial charge in [0.25, 0.3) is 0 Å². The van der Waals surface area contributed by atoms with Crippen molar-refractivity contribution in [3.63, 3.8) is 0 Å². The lowest BCUT2D eigenvalue weighted by atomic mass is 10.1. The van der Waals surface area contributed by atoms with E-state index in [-0.39, 0.29) is 0 Å². The lowest BCUT2D eigenvalue weighted by Gasteiger charge is -2.16. The molecule has 5 heteroatoms. The zero-order valence-corrected chi connectivity index (χ0v) is 16.1. The molecule has 0 spiro atoms. The second-order valence-electron chi connectivity index (χ2n) is 6.67. The molecule has 3 nitrogen and oxygen atoms in total. The number of anilines is 1. The summed E-state index contributed by atoms with van der Waals surface area (Å²) >= 11 is 11.6. The Morgan fingerprint density at radius 2 is 1.84 bits per heavy atom. The summed E-state index contributed by atoms with van der Waals surface area (Å²) in [6.45, 7) is 6.40. The zero-order valence-electron chi connectivity index (χ0n) is 14.6. The first kappa shape index (κ1) is 18.2. The minimum absolute atomic E-state index is 0.614. The molecule has 0 aromatic heterocycles. The molecule has 0 radical (unpaired) electrons. The average molecular weight is 375 g/mol. The lowest BCUT2D eigenvalue weighted by molar-refractivity contribution is -0.901. The number of thiocarbonyl (C=S) groups is 1. The van der Waals surface area contributed by atoms with Crippen LogP contribution in [-0.4, -0.2) is 18.2 Å². The normalized spacial score (nSPS) is 14.5. The smallest absolute Gasteiger partial charge is 0.171 e. The van der Waals surface area contributed by atoms with Gasteiger partial charge < -0.3 is 15.5 Å². The van der Waals surface area contributed by atoms with Gasteiger partial charge in [-0.15, -0.1) is 0 Å². The van der Waals surface area contributed by atoms with E-state index in [1.807, 2.05) is 25.1 Å². The van der Waals surface area contributed by atoms with Crippen LogP contribution >= 0.6 is 23.8 Å². The summed E-state index contributed by atoms with van der Waals surface area (Å²) in [7, 11) is 0. The summed E-state index contributed by atoms with van der Waals surface area (Å²) in [5.41, 5.74) is 4.69. The maximum absolute atomic E-state index is 6.17. The van der Waals surface area contributed by atoms with E-state index in [1.165, 1.54) is 37.1 Å². The van der Waals surface area contributed by atoms with Crippen molar-refractivity contribution in [3.8, 4) is 0 Å². The van der Waals surface area contributed by atoms with Crippen molar-refractivity contribution >= 4 is 34.6 Å². The van der Waals surface area contributed by atoms with Gasteiger partial charge in [-0.2, -0.15) is 0 Å². The Hall–Kier alpha value is -1.62. The van der Waals surface area contributed by atoms with Gasteiger partial charge in [0.05, 0.1) is 13.1 Å². The van der Waals surface area contributed by atoms with Crippen LogP contribution in [0.5, 0.6) is 0 Å². The highest BCUT2D eigenvalue weighted by Crippen LogP contribution is 2.19. The summed E-state index contributed by atoms with van der Waals surface area (Å²) in [5, 5.41) is 7.87. The van der Waals surface area contributed by atoms with E-state index in [9.17, 15) is 0 Å². The zero-order chi connectivity index (χ0) is 17.6. The molecular formula is C20H25ClN3S+. The van der Waals surface area contributed by atoms with Gasteiger partial charge in [0.1, 0.15) is 6.54 Å². The highest BCUT2D eigenvalue weighted by molar-refractivity contribution is 7.80. The molecule has 1 aliphatic heterocycles. The van der Waals surface area contributed by atoms with Crippen LogP contribution in [0.25, 0.3) is 0 Å². The third-order valence-electron chi connectivity index (χ3n) is 4.74. The van der Waals surface area contributed by atoms with Gasteiger partial charge in [-0.25, -0.2) is 0 Å². The molecule has 0 unspecified atom stereocenters. The van der Waals surface area contributed by atoms with Crippen LogP contribution in [0.1, 0.15) is 29.5 Å². The van der Waals surface area contributed by atoms with Crippen LogP contribution < -0.4 is 15.5 Å². The van der Waals surface area contributed by atoms with E-state index in [0.29, 0.717) is 5.11 Å². The highest BCUT2D eigenvalue weighted by Gasteiger charge is 2.17. The van der Waals surface area contributed by atoms with Crippen molar-refractivity contribution in [1.82, 2.24) is 5.32 Å². The number of nitrogens with one attached hydrogen (secondary N) is 3. The largest absolute Gasteiger partial charge is 0.358 e. The Kier molecular flexibility index (Phi) is 6.29. The predicted octanol–water partition coefficient (Wildman–Crippen LogP) is 3.31. The van der Waals surface area contributed by atoms with E-state index in [0.717, 1.165) is 29.4 Å². The van der Waals surface area contributed by atoms with Gasteiger partial charge in [-0.1, -0.05) is 41.9 Å². The second-order valence-corrected chi connectivity index (χ2v) is 7.49. The molecule has 2 aromatic carbocycles. The van der Waals surface area contributed by atoms with E-state index < -0.39 is 0 Å². The Labute approximate surface area is 160 Å². The molecule has 1 fully saturated rings. The fourth-order valence-electron chi connectivity index (χ4n) is 3.24. The van der Waals surface area contributed by atoms with Crippen molar-refractivity contribution in [2.75, 3.05) is 18.4 Å². The fraction of sp³-hybridized carbons (Fsp3) is 0.350. The number of likely N-dealkylation sites (tertiary alicyclic amines) is 1. The van der Waals surface area contributed by atoms with Crippen LogP contribution in [0.15, 0.2) is 42.5 Å². The van der Waals surface area contributed by atoms with E-state index in [4.69, 9.17) is 23.8 Å². The van der Waals surface area contributed by atoms with Crippen molar-refractivity contribution in [3.05, 3.63) is 64.2 Å². The number of hydrogen-bond donors (Lipinski definition) is 3. The summed E-state index contributed by atoms with van der Waals surface area (Å²) < 4.78 is 0. The van der Waals surface area contributed by atoms with Crippen molar-refractivity contribution in [1.29, 1.82) is 0 Å². The molecule has 2 aromatic rings.